The number of aryl methyl sites for hydroxylation is 2. The van der Waals surface area contributed by atoms with Crippen LogP contribution in [0, 0.1) is 13.8 Å². The quantitative estimate of drug-likeness (QED) is 0.490. The SMILES string of the molecule is Cc1ccc(CN2C(=O)c3[nH]nc(-c4ccc(C)cc4)c3C2c2ccc(O)cc2)cc1. The number of nitrogens with zero attached hydrogens (tertiary/aromatic N) is 2. The molecule has 5 nitrogen and oxygen atoms in total. The molecule has 1 aromatic heterocycles. The summed E-state index contributed by atoms with van der Waals surface area (Å²) in [5.74, 6) is 0.129. The Bertz CT molecular complexity index is 1240. The van der Waals surface area contributed by atoms with Gasteiger partial charge in [0, 0.05) is 17.7 Å². The lowest BCUT2D eigenvalue weighted by Gasteiger charge is -2.26. The van der Waals surface area contributed by atoms with E-state index in [-0.39, 0.29) is 17.7 Å². The maximum absolute atomic E-state index is 13.4. The van der Waals surface area contributed by atoms with Crippen LogP contribution in [-0.2, 0) is 6.54 Å². The normalized spacial score (nSPS) is 15.4. The molecule has 0 fully saturated rings. The van der Waals surface area contributed by atoms with Crippen LogP contribution in [0.4, 0.5) is 0 Å². The topological polar surface area (TPSA) is 69.2 Å². The molecular weight excluding hydrogens is 386 g/mol. The van der Waals surface area contributed by atoms with Crippen LogP contribution in [0.1, 0.15) is 44.3 Å². The molecule has 3 aromatic carbocycles. The highest BCUT2D eigenvalue weighted by Gasteiger charge is 2.42. The number of rotatable bonds is 4. The van der Waals surface area contributed by atoms with Gasteiger partial charge < -0.3 is 10.0 Å². The highest BCUT2D eigenvalue weighted by Crippen LogP contribution is 2.43. The molecular formula is C26H23N3O2. The van der Waals surface area contributed by atoms with Crippen LogP contribution in [-0.4, -0.2) is 26.1 Å². The second-order valence-electron chi connectivity index (χ2n) is 8.14. The van der Waals surface area contributed by atoms with Crippen molar-refractivity contribution < 1.29 is 9.90 Å². The fourth-order valence-electron chi connectivity index (χ4n) is 4.18. The van der Waals surface area contributed by atoms with Crippen LogP contribution < -0.4 is 0 Å². The van der Waals surface area contributed by atoms with Crippen molar-refractivity contribution in [1.29, 1.82) is 0 Å². The van der Waals surface area contributed by atoms with Gasteiger partial charge in [-0.25, -0.2) is 0 Å². The molecule has 2 heterocycles. The highest BCUT2D eigenvalue weighted by molar-refractivity contribution is 6.00. The molecule has 1 aliphatic rings. The first-order valence-corrected chi connectivity index (χ1v) is 10.3. The molecule has 0 aliphatic carbocycles. The number of phenols is 1. The lowest BCUT2D eigenvalue weighted by Crippen LogP contribution is -2.29. The van der Waals surface area contributed by atoms with E-state index >= 15 is 0 Å². The molecule has 5 rings (SSSR count). The molecule has 0 bridgehead atoms. The van der Waals surface area contributed by atoms with E-state index in [2.05, 4.69) is 34.5 Å². The van der Waals surface area contributed by atoms with Crippen LogP contribution in [0.15, 0.2) is 72.8 Å². The average Bonchev–Trinajstić information content (AvgIpc) is 3.31. The number of fused-ring (bicyclic) bond motifs is 1. The fourth-order valence-corrected chi connectivity index (χ4v) is 4.18. The number of aromatic amines is 1. The summed E-state index contributed by atoms with van der Waals surface area (Å²) in [5, 5.41) is 17.3. The number of amides is 1. The molecule has 1 atom stereocenters. The summed E-state index contributed by atoms with van der Waals surface area (Å²) >= 11 is 0. The third-order valence-corrected chi connectivity index (χ3v) is 5.87. The summed E-state index contributed by atoms with van der Waals surface area (Å²) in [6, 6.07) is 23.2. The molecule has 0 saturated heterocycles. The lowest BCUT2D eigenvalue weighted by molar-refractivity contribution is 0.0730. The predicted octanol–water partition coefficient (Wildman–Crippen LogP) is 5.14. The molecule has 154 valence electrons. The van der Waals surface area contributed by atoms with E-state index < -0.39 is 0 Å². The predicted molar refractivity (Wildman–Crippen MR) is 120 cm³/mol. The van der Waals surface area contributed by atoms with Crippen LogP contribution in [0.25, 0.3) is 11.3 Å². The zero-order valence-corrected chi connectivity index (χ0v) is 17.5. The van der Waals surface area contributed by atoms with Crippen LogP contribution in [0.2, 0.25) is 0 Å². The molecule has 2 N–H and O–H groups in total. The Kier molecular flexibility index (Phi) is 4.59. The summed E-state index contributed by atoms with van der Waals surface area (Å²) in [6.07, 6.45) is 0. The van der Waals surface area contributed by atoms with Crippen molar-refractivity contribution in [1.82, 2.24) is 15.1 Å². The van der Waals surface area contributed by atoms with E-state index in [1.54, 1.807) is 12.1 Å². The number of carbonyl (C=O) groups excluding carboxylic acids is 1. The van der Waals surface area contributed by atoms with Crippen LogP contribution in [0.5, 0.6) is 5.75 Å². The Balaban J connectivity index is 1.63. The minimum atomic E-state index is -0.292. The lowest BCUT2D eigenvalue weighted by atomic mass is 9.95. The number of phenolic OH excluding ortho intramolecular Hbond substituents is 1. The van der Waals surface area contributed by atoms with E-state index in [0.29, 0.717) is 12.2 Å². The minimum Gasteiger partial charge on any atom is -0.508 e. The van der Waals surface area contributed by atoms with Gasteiger partial charge >= 0.3 is 0 Å². The van der Waals surface area contributed by atoms with Crippen molar-refractivity contribution >= 4 is 5.91 Å². The molecule has 1 amide bonds. The number of nitrogens with one attached hydrogen (secondary N) is 1. The standard InChI is InChI=1S/C26H23N3O2/c1-16-3-7-18(8-4-16)15-29-25(20-11-13-21(30)14-12-20)22-23(27-28-24(22)26(29)31)19-9-5-17(2)6-10-19/h3-14,25,30H,15H2,1-2H3,(H,27,28). The number of hydrogen-bond donors (Lipinski definition) is 2. The fraction of sp³-hybridized carbons (Fsp3) is 0.154. The third-order valence-electron chi connectivity index (χ3n) is 5.87. The summed E-state index contributed by atoms with van der Waals surface area (Å²) in [5.41, 5.74) is 7.52. The number of aromatic nitrogens is 2. The summed E-state index contributed by atoms with van der Waals surface area (Å²) in [6.45, 7) is 4.58. The van der Waals surface area contributed by atoms with Gasteiger partial charge in [0.25, 0.3) is 5.91 Å². The van der Waals surface area contributed by atoms with E-state index in [0.717, 1.165) is 27.9 Å². The summed E-state index contributed by atoms with van der Waals surface area (Å²) in [4.78, 5) is 15.3. The number of carbonyl (C=O) groups is 1. The van der Waals surface area contributed by atoms with E-state index in [1.165, 1.54) is 11.1 Å². The maximum atomic E-state index is 13.4. The molecule has 0 radical (unpaired) electrons. The first-order valence-electron chi connectivity index (χ1n) is 10.3. The molecule has 1 unspecified atom stereocenters. The largest absolute Gasteiger partial charge is 0.508 e. The zero-order valence-electron chi connectivity index (χ0n) is 17.5. The second kappa shape index (κ2) is 7.43. The Morgan fingerprint density at radius 3 is 2.16 bits per heavy atom. The molecule has 0 spiro atoms. The Hall–Kier alpha value is -3.86. The Labute approximate surface area is 181 Å². The molecule has 1 aliphatic heterocycles. The third kappa shape index (κ3) is 3.38. The molecule has 31 heavy (non-hydrogen) atoms. The van der Waals surface area contributed by atoms with Crippen LogP contribution in [0.3, 0.4) is 0 Å². The van der Waals surface area contributed by atoms with E-state index in [1.807, 2.05) is 55.1 Å². The van der Waals surface area contributed by atoms with Gasteiger partial charge in [-0.2, -0.15) is 5.10 Å². The van der Waals surface area contributed by atoms with Crippen molar-refractivity contribution in [3.8, 4) is 17.0 Å². The smallest absolute Gasteiger partial charge is 0.273 e. The van der Waals surface area contributed by atoms with Crippen molar-refractivity contribution in [3.63, 3.8) is 0 Å². The van der Waals surface area contributed by atoms with Gasteiger partial charge in [0.2, 0.25) is 0 Å². The number of H-pyrrole nitrogens is 1. The Morgan fingerprint density at radius 1 is 0.903 bits per heavy atom. The number of hydrogen-bond acceptors (Lipinski definition) is 3. The number of aromatic hydroxyl groups is 1. The van der Waals surface area contributed by atoms with Gasteiger partial charge in [0.1, 0.15) is 11.4 Å². The highest BCUT2D eigenvalue weighted by atomic mass is 16.3. The zero-order chi connectivity index (χ0) is 21.5. The second-order valence-corrected chi connectivity index (χ2v) is 8.14. The van der Waals surface area contributed by atoms with Gasteiger partial charge in [-0.05, 0) is 37.1 Å². The van der Waals surface area contributed by atoms with Gasteiger partial charge in [-0.3, -0.25) is 9.89 Å². The maximum Gasteiger partial charge on any atom is 0.273 e. The average molecular weight is 409 g/mol. The van der Waals surface area contributed by atoms with Gasteiger partial charge in [-0.15, -0.1) is 0 Å². The van der Waals surface area contributed by atoms with Crippen molar-refractivity contribution in [3.05, 3.63) is 106 Å². The van der Waals surface area contributed by atoms with Crippen molar-refractivity contribution in [2.75, 3.05) is 0 Å². The van der Waals surface area contributed by atoms with Gasteiger partial charge in [0.05, 0.1) is 11.7 Å². The van der Waals surface area contributed by atoms with E-state index in [4.69, 9.17) is 0 Å². The van der Waals surface area contributed by atoms with Crippen molar-refractivity contribution in [2.24, 2.45) is 0 Å². The Morgan fingerprint density at radius 2 is 1.52 bits per heavy atom. The summed E-state index contributed by atoms with van der Waals surface area (Å²) in [7, 11) is 0. The van der Waals surface area contributed by atoms with Crippen LogP contribution >= 0.6 is 0 Å². The number of benzene rings is 3. The molecule has 5 heteroatoms. The monoisotopic (exact) mass is 409 g/mol. The van der Waals surface area contributed by atoms with E-state index in [9.17, 15) is 9.90 Å². The molecule has 0 saturated carbocycles. The minimum absolute atomic E-state index is 0.0699. The first-order chi connectivity index (χ1) is 15.0. The first kappa shape index (κ1) is 19.1. The van der Waals surface area contributed by atoms with Crippen molar-refractivity contribution in [2.45, 2.75) is 26.4 Å². The summed E-state index contributed by atoms with van der Waals surface area (Å²) < 4.78 is 0. The molecule has 4 aromatic rings. The van der Waals surface area contributed by atoms with Gasteiger partial charge in [0.15, 0.2) is 0 Å². The van der Waals surface area contributed by atoms with Gasteiger partial charge in [-0.1, -0.05) is 71.8 Å².